The highest BCUT2D eigenvalue weighted by Crippen LogP contribution is 2.03. The minimum Gasteiger partial charge on any atom is -0.301 e. The first-order valence-electron chi connectivity index (χ1n) is 4.81. The molecule has 0 saturated carbocycles. The molecule has 1 atom stereocenters. The molecule has 0 aliphatic rings. The van der Waals surface area contributed by atoms with Crippen molar-refractivity contribution in [1.29, 1.82) is 0 Å². The van der Waals surface area contributed by atoms with Gasteiger partial charge in [0.25, 0.3) is 0 Å². The van der Waals surface area contributed by atoms with Crippen molar-refractivity contribution >= 4 is 0 Å². The predicted molar refractivity (Wildman–Crippen MR) is 54.0 cm³/mol. The molecule has 0 aromatic heterocycles. The molecule has 1 nitrogen and oxygen atoms in total. The highest BCUT2D eigenvalue weighted by atomic mass is 15.1. The van der Waals surface area contributed by atoms with Crippen LogP contribution < -0.4 is 0 Å². The maximum atomic E-state index is 2.39. The monoisotopic (exact) mass is 159 g/mol. The molecule has 0 N–H and O–H groups in total. The van der Waals surface area contributed by atoms with Gasteiger partial charge in [-0.25, -0.2) is 0 Å². The van der Waals surface area contributed by atoms with Crippen molar-refractivity contribution in [1.82, 2.24) is 4.90 Å². The summed E-state index contributed by atoms with van der Waals surface area (Å²) in [6, 6.07) is 1.41. The Kier molecular flexibility index (Phi) is 9.92. The molecule has 1 heteroatoms. The third-order valence-corrected chi connectivity index (χ3v) is 2.10. The fourth-order valence-corrected chi connectivity index (χ4v) is 0.797. The van der Waals surface area contributed by atoms with E-state index in [0.29, 0.717) is 6.04 Å². The van der Waals surface area contributed by atoms with Gasteiger partial charge in [0.1, 0.15) is 0 Å². The Hall–Kier alpha value is -0.0400. The second-order valence-electron chi connectivity index (χ2n) is 3.02. The number of rotatable bonds is 3. The van der Waals surface area contributed by atoms with E-state index in [1.54, 1.807) is 0 Å². The van der Waals surface area contributed by atoms with Crippen LogP contribution in [-0.2, 0) is 0 Å². The van der Waals surface area contributed by atoms with Gasteiger partial charge in [-0.3, -0.25) is 0 Å². The lowest BCUT2D eigenvalue weighted by atomic mass is 10.2. The summed E-state index contributed by atoms with van der Waals surface area (Å²) in [7, 11) is 2.18. The Bertz CT molecular complexity index is 69.3. The lowest BCUT2D eigenvalue weighted by Crippen LogP contribution is -2.34. The molecule has 0 saturated heterocycles. The molecule has 0 aliphatic carbocycles. The largest absolute Gasteiger partial charge is 0.301 e. The lowest BCUT2D eigenvalue weighted by Gasteiger charge is -2.27. The molecule has 0 spiro atoms. The number of nitrogens with zero attached hydrogens (tertiary/aromatic N) is 1. The highest BCUT2D eigenvalue weighted by Gasteiger charge is 2.08. The Morgan fingerprint density at radius 1 is 1.09 bits per heavy atom. The fraction of sp³-hybridized carbons (Fsp3) is 1.00. The summed E-state index contributed by atoms with van der Waals surface area (Å²) in [4.78, 5) is 2.39. The summed E-state index contributed by atoms with van der Waals surface area (Å²) in [6.07, 6.45) is 1.24. The van der Waals surface area contributed by atoms with Gasteiger partial charge in [0.2, 0.25) is 0 Å². The summed E-state index contributed by atoms with van der Waals surface area (Å²) in [6.45, 7) is 12.9. The fourth-order valence-electron chi connectivity index (χ4n) is 0.797. The number of hydrogen-bond donors (Lipinski definition) is 0. The van der Waals surface area contributed by atoms with Crippen LogP contribution in [0.4, 0.5) is 0 Å². The molecule has 0 bridgehead atoms. The van der Waals surface area contributed by atoms with Crippen LogP contribution in [0.25, 0.3) is 0 Å². The standard InChI is InChI=1S/C8H19N.C2H6/c1-6-8(4)9(5)7(2)3;1-2/h7-8H,6H2,1-5H3;1-2H3. The average molecular weight is 159 g/mol. The Balaban J connectivity index is 0. The van der Waals surface area contributed by atoms with Crippen molar-refractivity contribution in [2.45, 2.75) is 60.0 Å². The summed E-state index contributed by atoms with van der Waals surface area (Å²) in [5.41, 5.74) is 0. The maximum absolute atomic E-state index is 2.39. The van der Waals surface area contributed by atoms with Crippen molar-refractivity contribution in [3.63, 3.8) is 0 Å². The zero-order chi connectivity index (χ0) is 9.44. The molecule has 0 rings (SSSR count). The molecule has 0 aromatic rings. The molecule has 1 unspecified atom stereocenters. The molecule has 0 radical (unpaired) electrons. The van der Waals surface area contributed by atoms with Gasteiger partial charge in [-0.05, 0) is 34.2 Å². The van der Waals surface area contributed by atoms with Gasteiger partial charge < -0.3 is 4.90 Å². The van der Waals surface area contributed by atoms with E-state index in [-0.39, 0.29) is 0 Å². The zero-order valence-electron chi connectivity index (χ0n) is 9.31. The van der Waals surface area contributed by atoms with Gasteiger partial charge in [-0.15, -0.1) is 0 Å². The van der Waals surface area contributed by atoms with Crippen molar-refractivity contribution in [2.24, 2.45) is 0 Å². The van der Waals surface area contributed by atoms with E-state index in [1.807, 2.05) is 13.8 Å². The van der Waals surface area contributed by atoms with Crippen LogP contribution in [-0.4, -0.2) is 24.0 Å². The third-order valence-electron chi connectivity index (χ3n) is 2.10. The number of hydrogen-bond acceptors (Lipinski definition) is 1. The molecule has 0 fully saturated rings. The Morgan fingerprint density at radius 2 is 1.45 bits per heavy atom. The highest BCUT2D eigenvalue weighted by molar-refractivity contribution is 4.63. The zero-order valence-corrected chi connectivity index (χ0v) is 9.31. The quantitative estimate of drug-likeness (QED) is 0.611. The van der Waals surface area contributed by atoms with E-state index >= 15 is 0 Å². The molecule has 70 valence electrons. The van der Waals surface area contributed by atoms with Crippen LogP contribution in [0, 0.1) is 0 Å². The van der Waals surface area contributed by atoms with Gasteiger partial charge >= 0.3 is 0 Å². The molecule has 11 heavy (non-hydrogen) atoms. The third kappa shape index (κ3) is 6.36. The topological polar surface area (TPSA) is 3.24 Å². The van der Waals surface area contributed by atoms with E-state index in [2.05, 4.69) is 39.6 Å². The first-order valence-corrected chi connectivity index (χ1v) is 4.81. The smallest absolute Gasteiger partial charge is 0.00639 e. The van der Waals surface area contributed by atoms with E-state index in [9.17, 15) is 0 Å². The Labute approximate surface area is 72.8 Å². The van der Waals surface area contributed by atoms with E-state index in [4.69, 9.17) is 0 Å². The molecular formula is C10H25N. The van der Waals surface area contributed by atoms with Crippen molar-refractivity contribution in [3.05, 3.63) is 0 Å². The van der Waals surface area contributed by atoms with E-state index in [0.717, 1.165) is 6.04 Å². The van der Waals surface area contributed by atoms with Gasteiger partial charge in [0, 0.05) is 12.1 Å². The van der Waals surface area contributed by atoms with Gasteiger partial charge in [0.15, 0.2) is 0 Å². The molecule has 0 aliphatic heterocycles. The van der Waals surface area contributed by atoms with Gasteiger partial charge in [-0.1, -0.05) is 20.8 Å². The summed E-state index contributed by atoms with van der Waals surface area (Å²) in [5.74, 6) is 0. The summed E-state index contributed by atoms with van der Waals surface area (Å²) >= 11 is 0. The van der Waals surface area contributed by atoms with Crippen LogP contribution in [0.5, 0.6) is 0 Å². The minimum atomic E-state index is 0.681. The second-order valence-corrected chi connectivity index (χ2v) is 3.02. The minimum absolute atomic E-state index is 0.681. The van der Waals surface area contributed by atoms with Gasteiger partial charge in [-0.2, -0.15) is 0 Å². The van der Waals surface area contributed by atoms with Crippen LogP contribution in [0.15, 0.2) is 0 Å². The second kappa shape index (κ2) is 8.06. The molecule has 0 aromatic carbocycles. The van der Waals surface area contributed by atoms with Crippen LogP contribution in [0.2, 0.25) is 0 Å². The van der Waals surface area contributed by atoms with Crippen LogP contribution >= 0.6 is 0 Å². The normalized spacial score (nSPS) is 12.8. The van der Waals surface area contributed by atoms with Gasteiger partial charge in [0.05, 0.1) is 0 Å². The summed E-state index contributed by atoms with van der Waals surface area (Å²) < 4.78 is 0. The maximum Gasteiger partial charge on any atom is 0.00639 e. The van der Waals surface area contributed by atoms with Crippen molar-refractivity contribution in [2.75, 3.05) is 7.05 Å². The first-order chi connectivity index (χ1) is 5.09. The Morgan fingerprint density at radius 3 is 1.55 bits per heavy atom. The van der Waals surface area contributed by atoms with Crippen LogP contribution in [0.3, 0.4) is 0 Å². The van der Waals surface area contributed by atoms with Crippen molar-refractivity contribution in [3.8, 4) is 0 Å². The predicted octanol–water partition coefficient (Wildman–Crippen LogP) is 3.15. The molecule has 0 heterocycles. The first kappa shape index (κ1) is 13.5. The average Bonchev–Trinajstić information content (AvgIpc) is 2.05. The molecular weight excluding hydrogens is 134 g/mol. The van der Waals surface area contributed by atoms with E-state index < -0.39 is 0 Å². The summed E-state index contributed by atoms with van der Waals surface area (Å²) in [5, 5.41) is 0. The van der Waals surface area contributed by atoms with Crippen LogP contribution in [0.1, 0.15) is 48.0 Å². The van der Waals surface area contributed by atoms with E-state index in [1.165, 1.54) is 6.42 Å². The van der Waals surface area contributed by atoms with Crippen molar-refractivity contribution < 1.29 is 0 Å². The SMILES string of the molecule is CC.CCC(C)N(C)C(C)C. The lowest BCUT2D eigenvalue weighted by molar-refractivity contribution is 0.204. The molecule has 0 amide bonds.